The van der Waals surface area contributed by atoms with Crippen LogP contribution < -0.4 is 5.32 Å². The molecule has 2 heterocycles. The molecule has 6 nitrogen and oxygen atoms in total. The summed E-state index contributed by atoms with van der Waals surface area (Å²) in [5.41, 5.74) is 2.42. The van der Waals surface area contributed by atoms with Crippen LogP contribution in [-0.2, 0) is 11.0 Å². The Kier molecular flexibility index (Phi) is 7.27. The molecule has 38 heavy (non-hydrogen) atoms. The molecular weight excluding hydrogens is 493 g/mol. The van der Waals surface area contributed by atoms with Gasteiger partial charge in [0.25, 0.3) is 5.91 Å². The molecule has 0 saturated carbocycles. The third-order valence-electron chi connectivity index (χ3n) is 6.92. The van der Waals surface area contributed by atoms with Gasteiger partial charge < -0.3 is 10.2 Å². The molecule has 1 aliphatic rings. The molecule has 3 aromatic rings. The van der Waals surface area contributed by atoms with E-state index in [1.54, 1.807) is 37.3 Å². The summed E-state index contributed by atoms with van der Waals surface area (Å²) in [4.78, 5) is 22.6. The lowest BCUT2D eigenvalue weighted by Crippen LogP contribution is -2.31. The molecule has 1 amide bonds. The van der Waals surface area contributed by atoms with E-state index >= 15 is 0 Å². The van der Waals surface area contributed by atoms with Gasteiger partial charge in [0.05, 0.1) is 23.4 Å². The first-order valence-electron chi connectivity index (χ1n) is 12.2. The highest BCUT2D eigenvalue weighted by Crippen LogP contribution is 2.35. The summed E-state index contributed by atoms with van der Waals surface area (Å²) in [7, 11) is 0. The standard InChI is InChI=1S/C29H27F3N4O2/c1-17(2)28(4)14-25(36-38-28)22-11-21(24-8-6-5-7-19(24)15-33)12-23(13-22)27(37)35-18(3)20-9-10-26(34-16-20)29(30,31)32/h5-13,16-18H,14H2,1-4H3,(H,35,37). The highest BCUT2D eigenvalue weighted by atomic mass is 19.4. The molecule has 4 rings (SSSR count). The molecule has 0 spiro atoms. The molecule has 0 bridgehead atoms. The Bertz CT molecular complexity index is 1420. The van der Waals surface area contributed by atoms with Crippen LogP contribution in [0.5, 0.6) is 0 Å². The largest absolute Gasteiger partial charge is 0.433 e. The number of rotatable bonds is 6. The Labute approximate surface area is 219 Å². The maximum atomic E-state index is 13.3. The van der Waals surface area contributed by atoms with Crippen molar-refractivity contribution in [3.8, 4) is 17.2 Å². The van der Waals surface area contributed by atoms with E-state index < -0.39 is 29.4 Å². The maximum absolute atomic E-state index is 13.3. The normalized spacial score (nSPS) is 17.9. The van der Waals surface area contributed by atoms with Gasteiger partial charge in [-0.3, -0.25) is 9.78 Å². The van der Waals surface area contributed by atoms with Crippen LogP contribution in [0.15, 0.2) is 65.9 Å². The van der Waals surface area contributed by atoms with Crippen LogP contribution in [0.1, 0.15) is 72.9 Å². The van der Waals surface area contributed by atoms with Crippen molar-refractivity contribution >= 4 is 11.6 Å². The van der Waals surface area contributed by atoms with Crippen molar-refractivity contribution in [2.24, 2.45) is 11.1 Å². The summed E-state index contributed by atoms with van der Waals surface area (Å²) >= 11 is 0. The molecule has 2 unspecified atom stereocenters. The summed E-state index contributed by atoms with van der Waals surface area (Å²) in [6.07, 6.45) is -2.89. The van der Waals surface area contributed by atoms with E-state index in [-0.39, 0.29) is 5.92 Å². The Morgan fingerprint density at radius 1 is 1.11 bits per heavy atom. The highest BCUT2D eigenvalue weighted by molar-refractivity contribution is 6.05. The highest BCUT2D eigenvalue weighted by Gasteiger charge is 2.38. The number of alkyl halides is 3. The Morgan fingerprint density at radius 2 is 1.82 bits per heavy atom. The lowest BCUT2D eigenvalue weighted by Gasteiger charge is -2.25. The molecule has 1 aromatic heterocycles. The number of hydrogen-bond donors (Lipinski definition) is 1. The van der Waals surface area contributed by atoms with E-state index in [1.807, 2.05) is 19.1 Å². The van der Waals surface area contributed by atoms with Crippen LogP contribution in [0.25, 0.3) is 11.1 Å². The minimum Gasteiger partial charge on any atom is -0.389 e. The Morgan fingerprint density at radius 3 is 2.42 bits per heavy atom. The average molecular weight is 521 g/mol. The van der Waals surface area contributed by atoms with Crippen molar-refractivity contribution in [3.63, 3.8) is 0 Å². The number of amides is 1. The van der Waals surface area contributed by atoms with E-state index in [1.165, 1.54) is 6.07 Å². The second kappa shape index (κ2) is 10.3. The molecule has 0 saturated heterocycles. The van der Waals surface area contributed by atoms with Crippen molar-refractivity contribution in [3.05, 3.63) is 88.7 Å². The summed E-state index contributed by atoms with van der Waals surface area (Å²) in [6, 6.07) is 16.1. The molecule has 1 N–H and O–H groups in total. The van der Waals surface area contributed by atoms with Gasteiger partial charge in [-0.1, -0.05) is 43.3 Å². The van der Waals surface area contributed by atoms with Crippen LogP contribution in [-0.4, -0.2) is 22.2 Å². The smallest absolute Gasteiger partial charge is 0.389 e. The fourth-order valence-electron chi connectivity index (χ4n) is 4.13. The van der Waals surface area contributed by atoms with Gasteiger partial charge in [0.15, 0.2) is 0 Å². The summed E-state index contributed by atoms with van der Waals surface area (Å²) < 4.78 is 38.6. The van der Waals surface area contributed by atoms with Gasteiger partial charge in [-0.15, -0.1) is 0 Å². The number of oxime groups is 1. The number of benzene rings is 2. The molecule has 0 aliphatic carbocycles. The fourth-order valence-corrected chi connectivity index (χ4v) is 4.13. The van der Waals surface area contributed by atoms with Gasteiger partial charge >= 0.3 is 6.18 Å². The van der Waals surface area contributed by atoms with E-state index in [9.17, 15) is 23.2 Å². The molecule has 2 aromatic carbocycles. The van der Waals surface area contributed by atoms with E-state index in [0.717, 1.165) is 12.3 Å². The first kappa shape index (κ1) is 26.9. The van der Waals surface area contributed by atoms with Crippen LogP contribution in [0.4, 0.5) is 13.2 Å². The monoisotopic (exact) mass is 520 g/mol. The summed E-state index contributed by atoms with van der Waals surface area (Å²) in [6.45, 7) is 7.75. The second-order valence-corrected chi connectivity index (χ2v) is 9.90. The van der Waals surface area contributed by atoms with Gasteiger partial charge in [-0.25, -0.2) is 0 Å². The number of carbonyl (C=O) groups excluding carboxylic acids is 1. The zero-order valence-electron chi connectivity index (χ0n) is 21.4. The number of hydrogen-bond acceptors (Lipinski definition) is 5. The quantitative estimate of drug-likeness (QED) is 0.393. The lowest BCUT2D eigenvalue weighted by molar-refractivity contribution is -0.141. The van der Waals surface area contributed by atoms with Gasteiger partial charge in [0.2, 0.25) is 0 Å². The van der Waals surface area contributed by atoms with Crippen LogP contribution in [0.2, 0.25) is 0 Å². The van der Waals surface area contributed by atoms with Gasteiger partial charge in [-0.2, -0.15) is 18.4 Å². The third kappa shape index (κ3) is 5.54. The minimum absolute atomic E-state index is 0.201. The van der Waals surface area contributed by atoms with E-state index in [4.69, 9.17) is 4.84 Å². The molecule has 196 valence electrons. The number of carbonyl (C=O) groups is 1. The molecule has 0 radical (unpaired) electrons. The van der Waals surface area contributed by atoms with Crippen molar-refractivity contribution < 1.29 is 22.8 Å². The number of nitrogens with zero attached hydrogens (tertiary/aromatic N) is 3. The first-order chi connectivity index (χ1) is 17.9. The van der Waals surface area contributed by atoms with E-state index in [2.05, 4.69) is 35.4 Å². The number of aromatic nitrogens is 1. The number of nitriles is 1. The predicted octanol–water partition coefficient (Wildman–Crippen LogP) is 6.67. The minimum atomic E-state index is -4.54. The van der Waals surface area contributed by atoms with Crippen molar-refractivity contribution in [1.29, 1.82) is 5.26 Å². The maximum Gasteiger partial charge on any atom is 0.433 e. The number of pyridine rings is 1. The average Bonchev–Trinajstić information content (AvgIpc) is 3.31. The van der Waals surface area contributed by atoms with Gasteiger partial charge in [0.1, 0.15) is 11.3 Å². The molecule has 0 fully saturated rings. The predicted molar refractivity (Wildman–Crippen MR) is 137 cm³/mol. The van der Waals surface area contributed by atoms with Gasteiger partial charge in [-0.05, 0) is 66.8 Å². The number of nitrogens with one attached hydrogen (secondary N) is 1. The fraction of sp³-hybridized carbons (Fsp3) is 0.310. The van der Waals surface area contributed by atoms with Crippen molar-refractivity contribution in [2.45, 2.75) is 51.9 Å². The summed E-state index contributed by atoms with van der Waals surface area (Å²) in [5, 5.41) is 16.8. The molecule has 1 aliphatic heterocycles. The molecular formula is C29H27F3N4O2. The first-order valence-corrected chi connectivity index (χ1v) is 12.2. The van der Waals surface area contributed by atoms with Crippen LogP contribution >= 0.6 is 0 Å². The van der Waals surface area contributed by atoms with Crippen LogP contribution in [0.3, 0.4) is 0 Å². The van der Waals surface area contributed by atoms with E-state index in [0.29, 0.717) is 45.5 Å². The molecule has 9 heteroatoms. The zero-order chi connectivity index (χ0) is 27.7. The number of halogens is 3. The Balaban J connectivity index is 1.68. The van der Waals surface area contributed by atoms with Crippen molar-refractivity contribution in [1.82, 2.24) is 10.3 Å². The summed E-state index contributed by atoms with van der Waals surface area (Å²) in [5.74, 6) is -0.228. The zero-order valence-corrected chi connectivity index (χ0v) is 21.4. The van der Waals surface area contributed by atoms with Gasteiger partial charge in [0, 0.05) is 23.7 Å². The SMILES string of the molecule is CC(NC(=O)c1cc(C2=NOC(C)(C(C)C)C2)cc(-c2ccccc2C#N)c1)c1ccc(C(F)(F)F)nc1. The third-order valence-corrected chi connectivity index (χ3v) is 6.92. The lowest BCUT2D eigenvalue weighted by atomic mass is 9.85. The van der Waals surface area contributed by atoms with Crippen LogP contribution in [0, 0.1) is 17.2 Å². The topological polar surface area (TPSA) is 87.4 Å². The molecule has 2 atom stereocenters. The van der Waals surface area contributed by atoms with Crippen molar-refractivity contribution in [2.75, 3.05) is 0 Å². The second-order valence-electron chi connectivity index (χ2n) is 9.90. The Hall–Kier alpha value is -4.19.